The molecule has 2 aromatic heterocycles. The summed E-state index contributed by atoms with van der Waals surface area (Å²) < 4.78 is 4.69. The summed E-state index contributed by atoms with van der Waals surface area (Å²) in [5.41, 5.74) is 0. The number of thiophene rings is 2. The largest absolute Gasteiger partial charge is 0.469 e. The van der Waals surface area contributed by atoms with Gasteiger partial charge in [0.2, 0.25) is 5.91 Å². The zero-order valence-corrected chi connectivity index (χ0v) is 13.1. The van der Waals surface area contributed by atoms with E-state index in [2.05, 4.69) is 10.1 Å². The molecule has 1 aliphatic rings. The molecule has 110 valence electrons. The molecule has 2 aromatic rings. The van der Waals surface area contributed by atoms with Crippen molar-refractivity contribution >= 4 is 34.6 Å². The average Bonchev–Trinajstić information content (AvgIpc) is 2.93. The summed E-state index contributed by atoms with van der Waals surface area (Å²) in [7, 11) is 1.36. The van der Waals surface area contributed by atoms with Gasteiger partial charge in [-0.2, -0.15) is 0 Å². The van der Waals surface area contributed by atoms with Gasteiger partial charge in [0.05, 0.1) is 25.0 Å². The van der Waals surface area contributed by atoms with E-state index < -0.39 is 0 Å². The maximum absolute atomic E-state index is 12.3. The highest BCUT2D eigenvalue weighted by molar-refractivity contribution is 7.11. The average molecular weight is 321 g/mol. The van der Waals surface area contributed by atoms with Crippen molar-refractivity contribution in [2.75, 3.05) is 7.11 Å². The van der Waals surface area contributed by atoms with Gasteiger partial charge < -0.3 is 10.1 Å². The van der Waals surface area contributed by atoms with Crippen molar-refractivity contribution < 1.29 is 14.3 Å². The van der Waals surface area contributed by atoms with Crippen LogP contribution < -0.4 is 5.32 Å². The molecule has 4 nitrogen and oxygen atoms in total. The Balaban J connectivity index is 1.72. The topological polar surface area (TPSA) is 55.4 Å². The van der Waals surface area contributed by atoms with Crippen molar-refractivity contribution in [1.29, 1.82) is 0 Å². The van der Waals surface area contributed by atoms with Crippen LogP contribution in [0.4, 0.5) is 0 Å². The predicted octanol–water partition coefficient (Wildman–Crippen LogP) is 2.82. The number of esters is 1. The van der Waals surface area contributed by atoms with E-state index in [0.29, 0.717) is 6.42 Å². The molecule has 0 bridgehead atoms. The summed E-state index contributed by atoms with van der Waals surface area (Å²) in [4.78, 5) is 26.0. The summed E-state index contributed by atoms with van der Waals surface area (Å²) in [5, 5.41) is 7.06. The molecule has 1 N–H and O–H groups in total. The Bertz CT molecular complexity index is 587. The van der Waals surface area contributed by atoms with Crippen molar-refractivity contribution in [2.24, 2.45) is 11.8 Å². The van der Waals surface area contributed by atoms with E-state index in [9.17, 15) is 9.59 Å². The van der Waals surface area contributed by atoms with Gasteiger partial charge in [-0.3, -0.25) is 9.59 Å². The van der Waals surface area contributed by atoms with Gasteiger partial charge in [0.1, 0.15) is 0 Å². The third kappa shape index (κ3) is 3.01. The van der Waals surface area contributed by atoms with Crippen LogP contribution >= 0.6 is 22.7 Å². The van der Waals surface area contributed by atoms with Crippen molar-refractivity contribution in [1.82, 2.24) is 5.32 Å². The second-order valence-electron chi connectivity index (χ2n) is 4.94. The summed E-state index contributed by atoms with van der Waals surface area (Å²) in [6.07, 6.45) is 0.583. The lowest BCUT2D eigenvalue weighted by atomic mass is 10.2. The highest BCUT2D eigenvalue weighted by Gasteiger charge is 2.49. The highest BCUT2D eigenvalue weighted by atomic mass is 32.1. The van der Waals surface area contributed by atoms with Crippen LogP contribution in [0.2, 0.25) is 0 Å². The zero-order chi connectivity index (χ0) is 14.8. The smallest absolute Gasteiger partial charge is 0.309 e. The first kappa shape index (κ1) is 14.3. The summed E-state index contributed by atoms with van der Waals surface area (Å²) >= 11 is 3.23. The van der Waals surface area contributed by atoms with Gasteiger partial charge in [-0.25, -0.2) is 0 Å². The number of carbonyl (C=O) groups is 2. The van der Waals surface area contributed by atoms with Crippen molar-refractivity contribution in [2.45, 2.75) is 12.5 Å². The molecular weight excluding hydrogens is 306 g/mol. The lowest BCUT2D eigenvalue weighted by Gasteiger charge is -2.16. The standard InChI is InChI=1S/C15H15NO3S2/c1-19-15(18)10-8-9(10)14(17)16-13(11-4-2-6-20-11)12-5-3-7-21-12/h2-7,9-10,13H,8H2,1H3,(H,16,17)/t9-,10-/m1/s1. The molecule has 1 saturated carbocycles. The first-order valence-electron chi connectivity index (χ1n) is 6.65. The van der Waals surface area contributed by atoms with Crippen LogP contribution in [0.25, 0.3) is 0 Å². The minimum Gasteiger partial charge on any atom is -0.469 e. The summed E-state index contributed by atoms with van der Waals surface area (Å²) in [6, 6.07) is 7.85. The quantitative estimate of drug-likeness (QED) is 0.862. The van der Waals surface area contributed by atoms with Crippen LogP contribution in [0.3, 0.4) is 0 Å². The Kier molecular flexibility index (Phi) is 4.07. The van der Waals surface area contributed by atoms with Crippen LogP contribution in [0.1, 0.15) is 22.2 Å². The normalized spacial score (nSPS) is 20.3. The van der Waals surface area contributed by atoms with Crippen LogP contribution in [0.5, 0.6) is 0 Å². The maximum atomic E-state index is 12.3. The van der Waals surface area contributed by atoms with Gasteiger partial charge in [-0.1, -0.05) is 12.1 Å². The van der Waals surface area contributed by atoms with E-state index in [-0.39, 0.29) is 29.8 Å². The molecule has 6 heteroatoms. The Morgan fingerprint density at radius 2 is 1.81 bits per heavy atom. The minimum absolute atomic E-state index is 0.0720. The van der Waals surface area contributed by atoms with Gasteiger partial charge in [-0.05, 0) is 29.3 Å². The number of nitrogens with one attached hydrogen (secondary N) is 1. The van der Waals surface area contributed by atoms with Crippen LogP contribution in [-0.4, -0.2) is 19.0 Å². The number of hydrogen-bond acceptors (Lipinski definition) is 5. The Morgan fingerprint density at radius 3 is 2.29 bits per heavy atom. The number of amides is 1. The first-order chi connectivity index (χ1) is 10.2. The molecule has 0 unspecified atom stereocenters. The van der Waals surface area contributed by atoms with Gasteiger partial charge in [0.25, 0.3) is 0 Å². The molecule has 3 rings (SSSR count). The van der Waals surface area contributed by atoms with Crippen LogP contribution in [0.15, 0.2) is 35.0 Å². The lowest BCUT2D eigenvalue weighted by molar-refractivity contribution is -0.143. The summed E-state index contributed by atoms with van der Waals surface area (Å²) in [5.74, 6) is -0.890. The number of methoxy groups -OCH3 is 1. The molecule has 1 amide bonds. The lowest BCUT2D eigenvalue weighted by Crippen LogP contribution is -2.30. The molecule has 1 aliphatic carbocycles. The number of carbonyl (C=O) groups excluding carboxylic acids is 2. The monoisotopic (exact) mass is 321 g/mol. The summed E-state index contributed by atoms with van der Waals surface area (Å²) in [6.45, 7) is 0. The second-order valence-corrected chi connectivity index (χ2v) is 6.90. The maximum Gasteiger partial charge on any atom is 0.309 e. The van der Waals surface area contributed by atoms with Crippen LogP contribution in [-0.2, 0) is 14.3 Å². The molecule has 21 heavy (non-hydrogen) atoms. The van der Waals surface area contributed by atoms with Crippen LogP contribution in [0, 0.1) is 11.8 Å². The van der Waals surface area contributed by atoms with Crippen molar-refractivity contribution in [3.05, 3.63) is 44.8 Å². The van der Waals surface area contributed by atoms with Gasteiger partial charge in [0.15, 0.2) is 0 Å². The predicted molar refractivity (Wildman–Crippen MR) is 82.2 cm³/mol. The SMILES string of the molecule is COC(=O)[C@@H]1C[C@H]1C(=O)NC(c1cccs1)c1cccs1. The molecule has 0 aromatic carbocycles. The molecular formula is C15H15NO3S2. The minimum atomic E-state index is -0.293. The van der Waals surface area contributed by atoms with E-state index >= 15 is 0 Å². The number of rotatable bonds is 5. The van der Waals surface area contributed by atoms with E-state index in [1.807, 2.05) is 35.0 Å². The Morgan fingerprint density at radius 1 is 1.19 bits per heavy atom. The molecule has 0 saturated heterocycles. The fourth-order valence-corrected chi connectivity index (χ4v) is 4.00. The van der Waals surface area contributed by atoms with E-state index in [1.165, 1.54) is 7.11 Å². The number of hydrogen-bond donors (Lipinski definition) is 1. The second kappa shape index (κ2) is 5.99. The van der Waals surface area contributed by atoms with E-state index in [0.717, 1.165) is 9.75 Å². The Labute approximate surface area is 130 Å². The third-order valence-electron chi connectivity index (χ3n) is 3.57. The molecule has 0 radical (unpaired) electrons. The van der Waals surface area contributed by atoms with Crippen molar-refractivity contribution in [3.8, 4) is 0 Å². The fourth-order valence-electron chi connectivity index (χ4n) is 2.34. The number of ether oxygens (including phenoxy) is 1. The van der Waals surface area contributed by atoms with Gasteiger partial charge in [0, 0.05) is 9.75 Å². The Hall–Kier alpha value is -1.66. The van der Waals surface area contributed by atoms with Gasteiger partial charge in [-0.15, -0.1) is 22.7 Å². The zero-order valence-electron chi connectivity index (χ0n) is 11.4. The molecule has 2 atom stereocenters. The molecule has 2 heterocycles. The molecule has 0 aliphatic heterocycles. The third-order valence-corrected chi connectivity index (χ3v) is 5.45. The molecule has 1 fully saturated rings. The van der Waals surface area contributed by atoms with E-state index in [1.54, 1.807) is 22.7 Å². The fraction of sp³-hybridized carbons (Fsp3) is 0.333. The molecule has 0 spiro atoms. The van der Waals surface area contributed by atoms with Crippen molar-refractivity contribution in [3.63, 3.8) is 0 Å². The van der Waals surface area contributed by atoms with E-state index in [4.69, 9.17) is 0 Å². The highest BCUT2D eigenvalue weighted by Crippen LogP contribution is 2.40. The van der Waals surface area contributed by atoms with Gasteiger partial charge >= 0.3 is 5.97 Å². The first-order valence-corrected chi connectivity index (χ1v) is 8.41.